The van der Waals surface area contributed by atoms with Crippen molar-refractivity contribution in [2.24, 2.45) is 5.73 Å². The maximum Gasteiger partial charge on any atom is 0.472 e. The molecular weight excluding hydrogens is 769 g/mol. The van der Waals surface area contributed by atoms with Crippen molar-refractivity contribution < 1.29 is 47.5 Å². The Morgan fingerprint density at radius 1 is 0.458 bits per heavy atom. The summed E-state index contributed by atoms with van der Waals surface area (Å²) < 4.78 is 32.8. The second kappa shape index (κ2) is 43.1. The fraction of sp³-hybridized carbons (Fsp3) is 0.936. The van der Waals surface area contributed by atoms with E-state index in [1.54, 1.807) is 0 Å². The molecule has 0 saturated carbocycles. The summed E-state index contributed by atoms with van der Waals surface area (Å²) in [7, 11) is -4.71. The molecule has 0 aromatic heterocycles. The minimum Gasteiger partial charge on any atom is -0.480 e. The van der Waals surface area contributed by atoms with Crippen LogP contribution in [0, 0.1) is 0 Å². The lowest BCUT2D eigenvalue weighted by molar-refractivity contribution is -0.161. The van der Waals surface area contributed by atoms with Crippen LogP contribution in [0.4, 0.5) is 0 Å². The molecule has 0 aromatic rings. The van der Waals surface area contributed by atoms with Crippen LogP contribution >= 0.6 is 7.82 Å². The topological polar surface area (TPSA) is 172 Å². The number of carboxylic acids is 1. The van der Waals surface area contributed by atoms with Crippen molar-refractivity contribution in [1.29, 1.82) is 0 Å². The van der Waals surface area contributed by atoms with Crippen molar-refractivity contribution in [2.45, 2.75) is 264 Å². The number of unbranched alkanes of at least 4 members (excludes halogenated alkanes) is 33. The third kappa shape index (κ3) is 42.9. The van der Waals surface area contributed by atoms with Gasteiger partial charge >= 0.3 is 25.7 Å². The van der Waals surface area contributed by atoms with Crippen LogP contribution < -0.4 is 5.73 Å². The summed E-state index contributed by atoms with van der Waals surface area (Å²) in [5.74, 6) is -2.35. The number of ether oxygens (including phenoxy) is 2. The Labute approximate surface area is 361 Å². The van der Waals surface area contributed by atoms with Crippen LogP contribution in [-0.2, 0) is 37.5 Å². The first-order valence-electron chi connectivity index (χ1n) is 24.6. The maximum absolute atomic E-state index is 12.7. The Bertz CT molecular complexity index is 1020. The highest BCUT2D eigenvalue weighted by molar-refractivity contribution is 7.47. The Balaban J connectivity index is 4.18. The van der Waals surface area contributed by atoms with Gasteiger partial charge in [-0.05, 0) is 12.8 Å². The molecule has 0 bridgehead atoms. The summed E-state index contributed by atoms with van der Waals surface area (Å²) in [4.78, 5) is 46.0. The van der Waals surface area contributed by atoms with Crippen molar-refractivity contribution in [2.75, 3.05) is 19.8 Å². The van der Waals surface area contributed by atoms with Crippen LogP contribution in [0.5, 0.6) is 0 Å². The van der Waals surface area contributed by atoms with Gasteiger partial charge in [0.1, 0.15) is 12.6 Å². The molecule has 0 spiro atoms. The molecule has 3 atom stereocenters. The monoisotopic (exact) mass is 862 g/mol. The van der Waals surface area contributed by atoms with Crippen LogP contribution in [0.2, 0.25) is 0 Å². The van der Waals surface area contributed by atoms with Crippen molar-refractivity contribution in [3.05, 3.63) is 0 Å². The van der Waals surface area contributed by atoms with Gasteiger partial charge in [-0.3, -0.25) is 23.4 Å². The Morgan fingerprint density at radius 2 is 0.746 bits per heavy atom. The third-order valence-corrected chi connectivity index (χ3v) is 12.1. The van der Waals surface area contributed by atoms with Gasteiger partial charge in [0.15, 0.2) is 6.10 Å². The number of carbonyl (C=O) groups is 3. The molecule has 350 valence electrons. The normalized spacial score (nSPS) is 13.6. The zero-order valence-electron chi connectivity index (χ0n) is 38.1. The number of hydrogen-bond acceptors (Lipinski definition) is 9. The quantitative estimate of drug-likeness (QED) is 0.0302. The van der Waals surface area contributed by atoms with E-state index in [4.69, 9.17) is 24.8 Å². The Kier molecular flexibility index (Phi) is 42.0. The van der Waals surface area contributed by atoms with E-state index in [0.29, 0.717) is 12.8 Å². The largest absolute Gasteiger partial charge is 0.480 e. The zero-order chi connectivity index (χ0) is 43.5. The fourth-order valence-corrected chi connectivity index (χ4v) is 8.02. The van der Waals surface area contributed by atoms with Gasteiger partial charge in [0.25, 0.3) is 0 Å². The van der Waals surface area contributed by atoms with Crippen molar-refractivity contribution in [3.8, 4) is 0 Å². The van der Waals surface area contributed by atoms with E-state index < -0.39 is 51.1 Å². The standard InChI is InChI=1S/C47H92NO10P/c1-3-5-7-9-11-13-15-17-18-19-20-21-22-23-24-25-27-29-31-33-35-37-39-46(50)58-43(41-56-59(53,54)57-42-44(48)47(51)52)40-55-45(49)38-36-34-32-30-28-26-16-14-12-10-8-6-4-2/h43-44H,3-42,48H2,1-2H3,(H,51,52)(H,53,54)/t43-,44-/m0/s1. The highest BCUT2D eigenvalue weighted by Crippen LogP contribution is 2.43. The summed E-state index contributed by atoms with van der Waals surface area (Å²) in [6, 6.07) is -1.52. The van der Waals surface area contributed by atoms with Crippen LogP contribution in [0.15, 0.2) is 0 Å². The number of hydrogen-bond donors (Lipinski definition) is 3. The molecule has 0 saturated heterocycles. The molecule has 0 amide bonds. The van der Waals surface area contributed by atoms with E-state index >= 15 is 0 Å². The number of aliphatic carboxylic acids is 1. The molecule has 0 aromatic carbocycles. The SMILES string of the molecule is CCCCCCCCCCCCCCCCCCCCCCCCC(=O)O[C@@H](COC(=O)CCCCCCCCCCCCCCC)COP(=O)(O)OC[C@H](N)C(=O)O. The average Bonchev–Trinajstić information content (AvgIpc) is 3.21. The molecular formula is C47H92NO10P. The van der Waals surface area contributed by atoms with E-state index in [1.807, 2.05) is 0 Å². The van der Waals surface area contributed by atoms with Gasteiger partial charge in [-0.25, -0.2) is 4.57 Å². The molecule has 4 N–H and O–H groups in total. The lowest BCUT2D eigenvalue weighted by Crippen LogP contribution is -2.34. The second-order valence-corrected chi connectivity index (χ2v) is 18.4. The number of carbonyl (C=O) groups excluding carboxylic acids is 2. The molecule has 0 aliphatic rings. The summed E-state index contributed by atoms with van der Waals surface area (Å²) in [6.07, 6.45) is 43.1. The maximum atomic E-state index is 12.7. The molecule has 0 rings (SSSR count). The van der Waals surface area contributed by atoms with Gasteiger partial charge < -0.3 is 25.2 Å². The van der Waals surface area contributed by atoms with Gasteiger partial charge in [-0.1, -0.05) is 226 Å². The van der Waals surface area contributed by atoms with E-state index in [1.165, 1.54) is 173 Å². The second-order valence-electron chi connectivity index (χ2n) is 17.0. The molecule has 0 aliphatic heterocycles. The molecule has 59 heavy (non-hydrogen) atoms. The smallest absolute Gasteiger partial charge is 0.472 e. The first-order valence-corrected chi connectivity index (χ1v) is 26.1. The molecule has 0 fully saturated rings. The van der Waals surface area contributed by atoms with Crippen molar-refractivity contribution in [1.82, 2.24) is 0 Å². The van der Waals surface area contributed by atoms with Crippen LogP contribution in [0.3, 0.4) is 0 Å². The molecule has 0 radical (unpaired) electrons. The minimum atomic E-state index is -4.71. The third-order valence-electron chi connectivity index (χ3n) is 11.1. The van der Waals surface area contributed by atoms with E-state index in [2.05, 4.69) is 18.4 Å². The summed E-state index contributed by atoms with van der Waals surface area (Å²) in [5, 5.41) is 8.90. The van der Waals surface area contributed by atoms with Crippen LogP contribution in [0.1, 0.15) is 251 Å². The lowest BCUT2D eigenvalue weighted by Gasteiger charge is -2.20. The van der Waals surface area contributed by atoms with Crippen molar-refractivity contribution >= 4 is 25.7 Å². The van der Waals surface area contributed by atoms with Gasteiger partial charge in [0, 0.05) is 12.8 Å². The predicted octanol–water partition coefficient (Wildman–Crippen LogP) is 13.5. The van der Waals surface area contributed by atoms with Crippen molar-refractivity contribution in [3.63, 3.8) is 0 Å². The number of nitrogens with two attached hydrogens (primary N) is 1. The Morgan fingerprint density at radius 3 is 1.07 bits per heavy atom. The lowest BCUT2D eigenvalue weighted by atomic mass is 10.0. The number of phosphoric acid groups is 1. The van der Waals surface area contributed by atoms with Gasteiger partial charge in [-0.15, -0.1) is 0 Å². The zero-order valence-corrected chi connectivity index (χ0v) is 39.0. The van der Waals surface area contributed by atoms with E-state index in [-0.39, 0.29) is 19.4 Å². The molecule has 0 heterocycles. The molecule has 0 aliphatic carbocycles. The highest BCUT2D eigenvalue weighted by Gasteiger charge is 2.28. The van der Waals surface area contributed by atoms with Gasteiger partial charge in [-0.2, -0.15) is 0 Å². The van der Waals surface area contributed by atoms with Crippen LogP contribution in [0.25, 0.3) is 0 Å². The summed E-state index contributed by atoms with van der Waals surface area (Å²) in [6.45, 7) is 2.85. The van der Waals surface area contributed by atoms with E-state index in [0.717, 1.165) is 38.5 Å². The first kappa shape index (κ1) is 57.5. The molecule has 12 heteroatoms. The van der Waals surface area contributed by atoms with E-state index in [9.17, 15) is 23.8 Å². The molecule has 11 nitrogen and oxygen atoms in total. The first-order chi connectivity index (χ1) is 28.6. The van der Waals surface area contributed by atoms with Gasteiger partial charge in [0.05, 0.1) is 13.2 Å². The average molecular weight is 862 g/mol. The summed E-state index contributed by atoms with van der Waals surface area (Å²) in [5.41, 5.74) is 5.34. The van der Waals surface area contributed by atoms with Gasteiger partial charge in [0.2, 0.25) is 0 Å². The molecule has 1 unspecified atom stereocenters. The predicted molar refractivity (Wildman–Crippen MR) is 240 cm³/mol. The number of carboxylic acid groups (broad SMARTS) is 1. The highest BCUT2D eigenvalue weighted by atomic mass is 31.2. The fourth-order valence-electron chi connectivity index (χ4n) is 7.24. The Hall–Kier alpha value is -1.52. The van der Waals surface area contributed by atoms with Crippen LogP contribution in [-0.4, -0.2) is 59.9 Å². The summed E-state index contributed by atoms with van der Waals surface area (Å²) >= 11 is 0. The number of rotatable bonds is 47. The number of phosphoric ester groups is 1. The minimum absolute atomic E-state index is 0.170. The number of esters is 2.